The lowest BCUT2D eigenvalue weighted by atomic mass is 10.2. The third kappa shape index (κ3) is 4.27. The fraction of sp³-hybridized carbons (Fsp3) is 0.154. The zero-order valence-electron chi connectivity index (χ0n) is 9.06. The first-order chi connectivity index (χ1) is 7.22. The molecule has 0 spiro atoms. The zero-order valence-corrected chi connectivity index (χ0v) is 9.06. The fourth-order valence-corrected chi connectivity index (χ4v) is 1.19. The molecule has 2 N–H and O–H groups in total. The Morgan fingerprint density at radius 2 is 1.93 bits per heavy atom. The van der Waals surface area contributed by atoms with Crippen LogP contribution in [0.4, 0.5) is 5.69 Å². The van der Waals surface area contributed by atoms with E-state index in [-0.39, 0.29) is 0 Å². The van der Waals surface area contributed by atoms with Crippen LogP contribution in [-0.4, -0.2) is 11.3 Å². The maximum atomic E-state index is 5.60. The number of benzene rings is 1. The van der Waals surface area contributed by atoms with E-state index in [4.69, 9.17) is 5.73 Å². The summed E-state index contributed by atoms with van der Waals surface area (Å²) in [7, 11) is 0. The molecule has 0 unspecified atom stereocenters. The number of nitrogen functional groups attached to an aromatic ring is 1. The number of hydrogen-bond acceptors (Lipinski definition) is 1. The summed E-state index contributed by atoms with van der Waals surface area (Å²) in [4.78, 5) is 0. The van der Waals surface area contributed by atoms with Gasteiger partial charge in [-0.15, -0.1) is 0 Å². The molecule has 0 saturated carbocycles. The van der Waals surface area contributed by atoms with Crippen LogP contribution < -0.4 is 5.73 Å². The van der Waals surface area contributed by atoms with Crippen molar-refractivity contribution in [1.29, 1.82) is 0 Å². The first kappa shape index (κ1) is 11.2. The SMILES string of the molecule is C=[N+](/C=C\C=C/C)Cc1ccc(N)cc1. The molecule has 0 amide bonds. The van der Waals surface area contributed by atoms with Crippen LogP contribution >= 0.6 is 0 Å². The molecule has 2 nitrogen and oxygen atoms in total. The maximum Gasteiger partial charge on any atom is 0.173 e. The molecule has 0 aliphatic carbocycles. The molecule has 2 heteroatoms. The third-order valence-corrected chi connectivity index (χ3v) is 1.97. The van der Waals surface area contributed by atoms with Gasteiger partial charge in [-0.3, -0.25) is 0 Å². The minimum Gasteiger partial charge on any atom is -0.399 e. The summed E-state index contributed by atoms with van der Waals surface area (Å²) in [5, 5.41) is 0. The van der Waals surface area contributed by atoms with E-state index in [1.165, 1.54) is 5.56 Å². The largest absolute Gasteiger partial charge is 0.399 e. The predicted molar refractivity (Wildman–Crippen MR) is 65.9 cm³/mol. The highest BCUT2D eigenvalue weighted by Crippen LogP contribution is 2.06. The highest BCUT2D eigenvalue weighted by atomic mass is 14.9. The van der Waals surface area contributed by atoms with E-state index in [1.807, 2.05) is 60.2 Å². The first-order valence-electron chi connectivity index (χ1n) is 4.93. The fourth-order valence-electron chi connectivity index (χ4n) is 1.19. The summed E-state index contributed by atoms with van der Waals surface area (Å²) in [6.07, 6.45) is 7.86. The van der Waals surface area contributed by atoms with E-state index in [9.17, 15) is 0 Å². The molecule has 0 saturated heterocycles. The van der Waals surface area contributed by atoms with Crippen LogP contribution in [0, 0.1) is 0 Å². The van der Waals surface area contributed by atoms with Crippen LogP contribution in [0.2, 0.25) is 0 Å². The van der Waals surface area contributed by atoms with Crippen molar-refractivity contribution in [2.24, 2.45) is 0 Å². The Hall–Kier alpha value is -1.83. The summed E-state index contributed by atoms with van der Waals surface area (Å²) in [6, 6.07) is 7.83. The highest BCUT2D eigenvalue weighted by molar-refractivity contribution is 5.39. The van der Waals surface area contributed by atoms with E-state index in [2.05, 4.69) is 6.72 Å². The molecule has 15 heavy (non-hydrogen) atoms. The topological polar surface area (TPSA) is 29.0 Å². The number of rotatable bonds is 4. The van der Waals surface area contributed by atoms with Gasteiger partial charge < -0.3 is 5.73 Å². The van der Waals surface area contributed by atoms with Gasteiger partial charge in [0.2, 0.25) is 0 Å². The monoisotopic (exact) mass is 201 g/mol. The second kappa shape index (κ2) is 5.81. The molecular weight excluding hydrogens is 184 g/mol. The standard InChI is InChI=1S/C13H17N2/c1-3-4-5-10-15(2)11-12-6-8-13(14)9-7-12/h3-10H,2,11,14H2,1H3/q+1/b4-3-,10-5-. The van der Waals surface area contributed by atoms with Crippen molar-refractivity contribution < 1.29 is 4.58 Å². The number of allylic oxidation sites excluding steroid dienone is 3. The maximum absolute atomic E-state index is 5.60. The molecule has 1 aromatic carbocycles. The molecule has 0 aromatic heterocycles. The van der Waals surface area contributed by atoms with Crippen LogP contribution in [0.25, 0.3) is 0 Å². The lowest BCUT2D eigenvalue weighted by molar-refractivity contribution is -0.464. The normalized spacial score (nSPS) is 11.3. The number of hydrogen-bond donors (Lipinski definition) is 1. The minimum absolute atomic E-state index is 0.786. The Bertz CT molecular complexity index is 372. The molecule has 78 valence electrons. The quantitative estimate of drug-likeness (QED) is 0.345. The van der Waals surface area contributed by atoms with Gasteiger partial charge in [-0.05, 0) is 19.1 Å². The average molecular weight is 201 g/mol. The van der Waals surface area contributed by atoms with E-state index < -0.39 is 0 Å². The van der Waals surface area contributed by atoms with Crippen molar-refractivity contribution >= 4 is 12.4 Å². The summed E-state index contributed by atoms with van der Waals surface area (Å²) >= 11 is 0. The van der Waals surface area contributed by atoms with E-state index in [0.717, 1.165) is 12.2 Å². The van der Waals surface area contributed by atoms with Crippen LogP contribution in [0.1, 0.15) is 12.5 Å². The Labute approximate surface area is 91.1 Å². The lowest BCUT2D eigenvalue weighted by Gasteiger charge is -1.97. The van der Waals surface area contributed by atoms with Gasteiger partial charge in [-0.2, -0.15) is 0 Å². The van der Waals surface area contributed by atoms with Gasteiger partial charge in [0.05, 0.1) is 0 Å². The zero-order chi connectivity index (χ0) is 11.1. The van der Waals surface area contributed by atoms with Crippen molar-refractivity contribution in [3.8, 4) is 0 Å². The first-order valence-corrected chi connectivity index (χ1v) is 4.93. The molecule has 0 fully saturated rings. The van der Waals surface area contributed by atoms with Crippen molar-refractivity contribution in [2.75, 3.05) is 5.73 Å². The predicted octanol–water partition coefficient (Wildman–Crippen LogP) is 2.57. The molecule has 0 aliphatic rings. The Morgan fingerprint density at radius 3 is 2.53 bits per heavy atom. The minimum atomic E-state index is 0.786. The average Bonchev–Trinajstić information content (AvgIpc) is 2.22. The Kier molecular flexibility index (Phi) is 4.35. The van der Waals surface area contributed by atoms with Gasteiger partial charge in [-0.1, -0.05) is 24.3 Å². The van der Waals surface area contributed by atoms with Crippen LogP contribution in [0.15, 0.2) is 48.7 Å². The lowest BCUT2D eigenvalue weighted by Crippen LogP contribution is -2.00. The van der Waals surface area contributed by atoms with Gasteiger partial charge in [0, 0.05) is 17.3 Å². The molecular formula is C13H17N2+. The van der Waals surface area contributed by atoms with E-state index >= 15 is 0 Å². The summed E-state index contributed by atoms with van der Waals surface area (Å²) in [5.41, 5.74) is 7.59. The van der Waals surface area contributed by atoms with Gasteiger partial charge >= 0.3 is 0 Å². The van der Waals surface area contributed by atoms with Crippen molar-refractivity contribution in [3.05, 3.63) is 54.3 Å². The van der Waals surface area contributed by atoms with Gasteiger partial charge in [-0.25, -0.2) is 4.58 Å². The molecule has 1 rings (SSSR count). The highest BCUT2D eigenvalue weighted by Gasteiger charge is 1.98. The van der Waals surface area contributed by atoms with Gasteiger partial charge in [0.1, 0.15) is 6.72 Å². The van der Waals surface area contributed by atoms with E-state index in [0.29, 0.717) is 0 Å². The van der Waals surface area contributed by atoms with Gasteiger partial charge in [0.25, 0.3) is 0 Å². The molecule has 0 heterocycles. The van der Waals surface area contributed by atoms with Crippen molar-refractivity contribution in [1.82, 2.24) is 0 Å². The molecule has 0 atom stereocenters. The summed E-state index contributed by atoms with van der Waals surface area (Å²) in [6.45, 7) is 6.68. The van der Waals surface area contributed by atoms with Crippen LogP contribution in [0.5, 0.6) is 0 Å². The number of nitrogens with zero attached hydrogens (tertiary/aromatic N) is 1. The van der Waals surface area contributed by atoms with Crippen LogP contribution in [-0.2, 0) is 6.54 Å². The molecule has 0 bridgehead atoms. The second-order valence-corrected chi connectivity index (χ2v) is 3.36. The third-order valence-electron chi connectivity index (χ3n) is 1.97. The van der Waals surface area contributed by atoms with E-state index in [1.54, 1.807) is 0 Å². The van der Waals surface area contributed by atoms with Crippen molar-refractivity contribution in [2.45, 2.75) is 13.5 Å². The summed E-state index contributed by atoms with van der Waals surface area (Å²) < 4.78 is 1.88. The smallest absolute Gasteiger partial charge is 0.173 e. The molecule has 0 aliphatic heterocycles. The Morgan fingerprint density at radius 1 is 1.27 bits per heavy atom. The number of nitrogens with two attached hydrogens (primary N) is 1. The van der Waals surface area contributed by atoms with Gasteiger partial charge in [0.15, 0.2) is 12.7 Å². The van der Waals surface area contributed by atoms with Crippen molar-refractivity contribution in [3.63, 3.8) is 0 Å². The Balaban J connectivity index is 2.55. The number of anilines is 1. The molecule has 0 radical (unpaired) electrons. The second-order valence-electron chi connectivity index (χ2n) is 3.36. The van der Waals surface area contributed by atoms with Crippen LogP contribution in [0.3, 0.4) is 0 Å². The summed E-state index contributed by atoms with van der Waals surface area (Å²) in [5.74, 6) is 0. The molecule has 1 aromatic rings.